The first-order chi connectivity index (χ1) is 8.85. The van der Waals surface area contributed by atoms with E-state index in [9.17, 15) is 4.79 Å². The molecule has 5 nitrogen and oxygen atoms in total. The fourth-order valence-corrected chi connectivity index (χ4v) is 2.99. The van der Waals surface area contributed by atoms with Gasteiger partial charge < -0.3 is 14.4 Å². The fraction of sp³-hybridized carbons (Fsp3) is 0.667. The lowest BCUT2D eigenvalue weighted by atomic mass is 10.2. The highest BCUT2D eigenvalue weighted by Gasteiger charge is 2.30. The molecular weight excluding hydrogens is 332 g/mol. The van der Waals surface area contributed by atoms with Crippen LogP contribution in [0.25, 0.3) is 0 Å². The van der Waals surface area contributed by atoms with E-state index in [0.29, 0.717) is 19.7 Å². The van der Waals surface area contributed by atoms with Gasteiger partial charge in [-0.15, -0.1) is 11.3 Å². The number of carbonyl (C=O) groups is 1. The second-order valence-electron chi connectivity index (χ2n) is 5.29. The van der Waals surface area contributed by atoms with Crippen LogP contribution < -0.4 is 0 Å². The third-order valence-corrected chi connectivity index (χ3v) is 4.06. The van der Waals surface area contributed by atoms with Gasteiger partial charge in [-0.2, -0.15) is 0 Å². The van der Waals surface area contributed by atoms with E-state index < -0.39 is 5.60 Å². The summed E-state index contributed by atoms with van der Waals surface area (Å²) in [6.07, 6.45) is 1.28. The average Bonchev–Trinajstić information content (AvgIpc) is 2.74. The van der Waals surface area contributed by atoms with Crippen molar-refractivity contribution in [3.05, 3.63) is 15.0 Å². The Labute approximate surface area is 125 Å². The molecule has 19 heavy (non-hydrogen) atoms. The van der Waals surface area contributed by atoms with Crippen molar-refractivity contribution in [1.82, 2.24) is 9.88 Å². The van der Waals surface area contributed by atoms with Crippen molar-refractivity contribution >= 4 is 33.4 Å². The molecule has 1 fully saturated rings. The number of amides is 1. The zero-order valence-electron chi connectivity index (χ0n) is 11.2. The van der Waals surface area contributed by atoms with Crippen LogP contribution in [0.15, 0.2) is 9.98 Å². The molecule has 1 amide bonds. The molecule has 0 aliphatic carbocycles. The van der Waals surface area contributed by atoms with E-state index in [1.807, 2.05) is 20.8 Å². The Morgan fingerprint density at radius 3 is 2.95 bits per heavy atom. The summed E-state index contributed by atoms with van der Waals surface area (Å²) in [5.74, 6) is 0. The topological polar surface area (TPSA) is 51.7 Å². The van der Waals surface area contributed by atoms with Gasteiger partial charge in [0.05, 0.1) is 23.1 Å². The first-order valence-electron chi connectivity index (χ1n) is 6.06. The Bertz CT molecular complexity index is 458. The number of rotatable bonds is 1. The molecule has 1 aliphatic rings. The summed E-state index contributed by atoms with van der Waals surface area (Å²) >= 11 is 4.90. The standard InChI is InChI=1S/C12H17BrN2O3S/c1-12(2,3)18-11(16)15-4-5-17-8(7-15)10-14-6-9(13)19-10/h6,8H,4-5,7H2,1-3H3. The molecule has 2 heterocycles. The quantitative estimate of drug-likeness (QED) is 0.781. The van der Waals surface area contributed by atoms with E-state index in [1.165, 1.54) is 11.3 Å². The molecule has 0 spiro atoms. The lowest BCUT2D eigenvalue weighted by molar-refractivity contribution is -0.0433. The van der Waals surface area contributed by atoms with E-state index in [-0.39, 0.29) is 12.2 Å². The first kappa shape index (κ1) is 14.7. The van der Waals surface area contributed by atoms with E-state index in [4.69, 9.17) is 9.47 Å². The van der Waals surface area contributed by atoms with Gasteiger partial charge in [-0.05, 0) is 36.7 Å². The van der Waals surface area contributed by atoms with E-state index >= 15 is 0 Å². The maximum absolute atomic E-state index is 12.0. The normalized spacial score (nSPS) is 20.4. The third kappa shape index (κ3) is 4.15. The summed E-state index contributed by atoms with van der Waals surface area (Å²) in [6, 6.07) is 0. The maximum Gasteiger partial charge on any atom is 0.410 e. The second kappa shape index (κ2) is 5.76. The second-order valence-corrected chi connectivity index (χ2v) is 7.73. The van der Waals surface area contributed by atoms with Crippen LogP contribution in [-0.2, 0) is 9.47 Å². The number of thiazole rings is 1. The predicted molar refractivity (Wildman–Crippen MR) is 76.3 cm³/mol. The molecule has 1 saturated heterocycles. The van der Waals surface area contributed by atoms with Crippen LogP contribution in [0.5, 0.6) is 0 Å². The predicted octanol–water partition coefficient (Wildman–Crippen LogP) is 3.21. The molecule has 0 bridgehead atoms. The van der Waals surface area contributed by atoms with Crippen molar-refractivity contribution in [2.45, 2.75) is 32.5 Å². The van der Waals surface area contributed by atoms with Gasteiger partial charge in [0.25, 0.3) is 0 Å². The number of hydrogen-bond donors (Lipinski definition) is 0. The van der Waals surface area contributed by atoms with Gasteiger partial charge in [-0.3, -0.25) is 0 Å². The molecule has 0 N–H and O–H groups in total. The van der Waals surface area contributed by atoms with Crippen LogP contribution in [0, 0.1) is 0 Å². The molecule has 7 heteroatoms. The zero-order valence-corrected chi connectivity index (χ0v) is 13.6. The van der Waals surface area contributed by atoms with Gasteiger partial charge in [0.1, 0.15) is 16.7 Å². The van der Waals surface area contributed by atoms with Crippen molar-refractivity contribution in [3.8, 4) is 0 Å². The van der Waals surface area contributed by atoms with Gasteiger partial charge in [-0.25, -0.2) is 9.78 Å². The number of nitrogens with zero attached hydrogens (tertiary/aromatic N) is 2. The molecule has 0 aromatic carbocycles. The number of hydrogen-bond acceptors (Lipinski definition) is 5. The summed E-state index contributed by atoms with van der Waals surface area (Å²) in [5, 5.41) is 0.875. The Kier molecular flexibility index (Phi) is 4.47. The Balaban J connectivity index is 1.99. The van der Waals surface area contributed by atoms with Gasteiger partial charge in [0.15, 0.2) is 0 Å². The van der Waals surface area contributed by atoms with E-state index in [1.54, 1.807) is 11.1 Å². The van der Waals surface area contributed by atoms with Crippen LogP contribution in [0.1, 0.15) is 31.9 Å². The van der Waals surface area contributed by atoms with Gasteiger partial charge in [-0.1, -0.05) is 0 Å². The highest BCUT2D eigenvalue weighted by Crippen LogP contribution is 2.29. The minimum Gasteiger partial charge on any atom is -0.444 e. The maximum atomic E-state index is 12.0. The Hall–Kier alpha value is -0.660. The molecule has 1 aromatic heterocycles. The highest BCUT2D eigenvalue weighted by molar-refractivity contribution is 9.11. The van der Waals surface area contributed by atoms with Crippen LogP contribution >= 0.6 is 27.3 Å². The molecular formula is C12H17BrN2O3S. The van der Waals surface area contributed by atoms with Crippen molar-refractivity contribution < 1.29 is 14.3 Å². The largest absolute Gasteiger partial charge is 0.444 e. The third-order valence-electron chi connectivity index (χ3n) is 2.49. The lowest BCUT2D eigenvalue weighted by Gasteiger charge is -2.33. The zero-order chi connectivity index (χ0) is 14.0. The highest BCUT2D eigenvalue weighted by atomic mass is 79.9. The number of morpholine rings is 1. The van der Waals surface area contributed by atoms with Crippen LogP contribution in [0.4, 0.5) is 4.79 Å². The summed E-state index contributed by atoms with van der Waals surface area (Å²) < 4.78 is 12.0. The summed E-state index contributed by atoms with van der Waals surface area (Å²) in [6.45, 7) is 7.12. The minimum absolute atomic E-state index is 0.169. The number of ether oxygens (including phenoxy) is 2. The lowest BCUT2D eigenvalue weighted by Crippen LogP contribution is -2.44. The van der Waals surface area contributed by atoms with Gasteiger partial charge >= 0.3 is 6.09 Å². The summed E-state index contributed by atoms with van der Waals surface area (Å²) in [5.41, 5.74) is -0.477. The summed E-state index contributed by atoms with van der Waals surface area (Å²) in [4.78, 5) is 18.0. The van der Waals surface area contributed by atoms with Crippen LogP contribution in [0.3, 0.4) is 0 Å². The van der Waals surface area contributed by atoms with E-state index in [2.05, 4.69) is 20.9 Å². The molecule has 0 radical (unpaired) electrons. The molecule has 1 unspecified atom stereocenters. The first-order valence-corrected chi connectivity index (χ1v) is 7.67. The number of halogens is 1. The summed E-state index contributed by atoms with van der Waals surface area (Å²) in [7, 11) is 0. The molecule has 1 aromatic rings. The molecule has 1 aliphatic heterocycles. The molecule has 0 saturated carbocycles. The number of carbonyl (C=O) groups excluding carboxylic acids is 1. The van der Waals surface area contributed by atoms with Gasteiger partial charge in [0.2, 0.25) is 0 Å². The minimum atomic E-state index is -0.477. The Morgan fingerprint density at radius 2 is 2.37 bits per heavy atom. The SMILES string of the molecule is CC(C)(C)OC(=O)N1CCOC(c2ncc(Br)s2)C1. The van der Waals surface area contributed by atoms with E-state index in [0.717, 1.165) is 8.79 Å². The van der Waals surface area contributed by atoms with Crippen LogP contribution in [-0.4, -0.2) is 41.3 Å². The van der Waals surface area contributed by atoms with Crippen molar-refractivity contribution in [2.75, 3.05) is 19.7 Å². The molecule has 106 valence electrons. The molecule has 1 atom stereocenters. The smallest absolute Gasteiger partial charge is 0.410 e. The van der Waals surface area contributed by atoms with Crippen LogP contribution in [0.2, 0.25) is 0 Å². The van der Waals surface area contributed by atoms with Crippen molar-refractivity contribution in [3.63, 3.8) is 0 Å². The Morgan fingerprint density at radius 1 is 1.63 bits per heavy atom. The van der Waals surface area contributed by atoms with Crippen molar-refractivity contribution in [1.29, 1.82) is 0 Å². The average molecular weight is 349 g/mol. The monoisotopic (exact) mass is 348 g/mol. The molecule has 2 rings (SSSR count). The van der Waals surface area contributed by atoms with Gasteiger partial charge in [0, 0.05) is 6.54 Å². The van der Waals surface area contributed by atoms with Crippen molar-refractivity contribution in [2.24, 2.45) is 0 Å². The number of aromatic nitrogens is 1. The fourth-order valence-electron chi connectivity index (χ4n) is 1.71.